The van der Waals surface area contributed by atoms with Crippen molar-refractivity contribution in [1.82, 2.24) is 0 Å². The maximum Gasteiger partial charge on any atom is 0.337 e. The van der Waals surface area contributed by atoms with Crippen molar-refractivity contribution in [2.45, 2.75) is 104 Å². The number of hydrogen-bond acceptors (Lipinski definition) is 6. The van der Waals surface area contributed by atoms with Crippen molar-refractivity contribution in [3.63, 3.8) is 0 Å². The second-order valence-corrected chi connectivity index (χ2v) is 13.8. The Balaban J connectivity index is 1.16. The normalized spacial score (nSPS) is 40.1. The van der Waals surface area contributed by atoms with Crippen LogP contribution in [0.2, 0.25) is 0 Å². The molecule has 0 heterocycles. The summed E-state index contributed by atoms with van der Waals surface area (Å²) in [5, 5.41) is 21.8. The summed E-state index contributed by atoms with van der Waals surface area (Å²) in [6.45, 7) is 7.45. The predicted octanol–water partition coefficient (Wildman–Crippen LogP) is 5.92. The van der Waals surface area contributed by atoms with E-state index in [2.05, 4.69) is 20.8 Å². The van der Waals surface area contributed by atoms with Gasteiger partial charge in [0.25, 0.3) is 0 Å². The van der Waals surface area contributed by atoms with Crippen LogP contribution in [0.5, 0.6) is 0 Å². The molecular formula is C33H48O6. The number of benzene rings is 1. The summed E-state index contributed by atoms with van der Waals surface area (Å²) >= 11 is 0. The predicted molar refractivity (Wildman–Crippen MR) is 149 cm³/mol. The number of carbonyl (C=O) groups excluding carboxylic acids is 2. The van der Waals surface area contributed by atoms with Gasteiger partial charge in [0, 0.05) is 6.42 Å². The zero-order chi connectivity index (χ0) is 27.9. The smallest absolute Gasteiger partial charge is 0.337 e. The number of esters is 2. The van der Waals surface area contributed by atoms with Gasteiger partial charge < -0.3 is 19.7 Å². The Labute approximate surface area is 233 Å². The van der Waals surface area contributed by atoms with Crippen molar-refractivity contribution in [2.75, 3.05) is 7.11 Å². The van der Waals surface area contributed by atoms with Gasteiger partial charge in [-0.3, -0.25) is 4.79 Å². The Bertz CT molecular complexity index is 1040. The third-order valence-electron chi connectivity index (χ3n) is 12.0. The van der Waals surface area contributed by atoms with Crippen molar-refractivity contribution in [1.29, 1.82) is 0 Å². The van der Waals surface area contributed by atoms with E-state index in [1.165, 1.54) is 32.8 Å². The van der Waals surface area contributed by atoms with Gasteiger partial charge in [-0.25, -0.2) is 4.79 Å². The highest BCUT2D eigenvalue weighted by Crippen LogP contribution is 2.68. The van der Waals surface area contributed by atoms with E-state index in [-0.39, 0.29) is 41.6 Å². The van der Waals surface area contributed by atoms with Crippen molar-refractivity contribution in [2.24, 2.45) is 46.3 Å². The van der Waals surface area contributed by atoms with Gasteiger partial charge in [-0.05, 0) is 122 Å². The van der Waals surface area contributed by atoms with Crippen LogP contribution in [0.3, 0.4) is 0 Å². The molecule has 0 unspecified atom stereocenters. The number of ether oxygens (including phenoxy) is 2. The van der Waals surface area contributed by atoms with Gasteiger partial charge >= 0.3 is 11.9 Å². The topological polar surface area (TPSA) is 93.1 Å². The quantitative estimate of drug-likeness (QED) is 0.417. The van der Waals surface area contributed by atoms with Crippen LogP contribution in [0, 0.1) is 46.3 Å². The van der Waals surface area contributed by atoms with Gasteiger partial charge in [-0.1, -0.05) is 32.9 Å². The number of aliphatic hydroxyl groups is 2. The van der Waals surface area contributed by atoms with Crippen LogP contribution in [0.15, 0.2) is 24.3 Å². The van der Waals surface area contributed by atoms with Crippen molar-refractivity contribution < 1.29 is 29.3 Å². The van der Waals surface area contributed by atoms with Crippen LogP contribution in [0.4, 0.5) is 0 Å². The number of aliphatic hydroxyl groups excluding tert-OH is 2. The van der Waals surface area contributed by atoms with Crippen molar-refractivity contribution in [3.8, 4) is 0 Å². The second-order valence-electron chi connectivity index (χ2n) is 13.8. The molecule has 10 atom stereocenters. The molecule has 1 aromatic carbocycles. The Kier molecular flexibility index (Phi) is 8.18. The first-order chi connectivity index (χ1) is 18.6. The van der Waals surface area contributed by atoms with Gasteiger partial charge in [0.1, 0.15) is 6.61 Å². The summed E-state index contributed by atoms with van der Waals surface area (Å²) in [4.78, 5) is 24.2. The lowest BCUT2D eigenvalue weighted by molar-refractivity contribution is -0.174. The third kappa shape index (κ3) is 5.28. The average Bonchev–Trinajstić information content (AvgIpc) is 3.28. The molecule has 216 valence electrons. The van der Waals surface area contributed by atoms with Crippen LogP contribution in [-0.4, -0.2) is 41.5 Å². The number of methoxy groups -OCH3 is 1. The first-order valence-corrected chi connectivity index (χ1v) is 15.3. The largest absolute Gasteiger partial charge is 0.465 e. The molecule has 4 saturated carbocycles. The fraction of sp³-hybridized carbons (Fsp3) is 0.758. The highest BCUT2D eigenvalue weighted by molar-refractivity contribution is 5.89. The summed E-state index contributed by atoms with van der Waals surface area (Å²) < 4.78 is 10.3. The van der Waals surface area contributed by atoms with Gasteiger partial charge in [0.05, 0.1) is 24.9 Å². The zero-order valence-electron chi connectivity index (χ0n) is 24.2. The first-order valence-electron chi connectivity index (χ1n) is 15.3. The molecule has 1 aromatic rings. The minimum atomic E-state index is -0.380. The summed E-state index contributed by atoms with van der Waals surface area (Å²) in [6.07, 6.45) is 9.22. The van der Waals surface area contributed by atoms with E-state index in [0.717, 1.165) is 37.7 Å². The Morgan fingerprint density at radius 1 is 0.974 bits per heavy atom. The van der Waals surface area contributed by atoms with Crippen LogP contribution in [0.25, 0.3) is 0 Å². The van der Waals surface area contributed by atoms with Crippen LogP contribution < -0.4 is 0 Å². The average molecular weight is 541 g/mol. The minimum Gasteiger partial charge on any atom is -0.465 e. The van der Waals surface area contributed by atoms with Crippen LogP contribution in [-0.2, 0) is 20.9 Å². The minimum absolute atomic E-state index is 0.177. The maximum absolute atomic E-state index is 12.6. The maximum atomic E-state index is 12.6. The molecule has 0 bridgehead atoms. The summed E-state index contributed by atoms with van der Waals surface area (Å²) in [5.41, 5.74) is 1.79. The molecule has 4 fully saturated rings. The lowest BCUT2D eigenvalue weighted by Gasteiger charge is -2.62. The van der Waals surface area contributed by atoms with Crippen LogP contribution >= 0.6 is 0 Å². The molecule has 0 aliphatic heterocycles. The molecule has 2 N–H and O–H groups in total. The molecule has 0 amide bonds. The number of rotatable bonds is 7. The number of fused-ring (bicyclic) bond motifs is 5. The molecule has 6 nitrogen and oxygen atoms in total. The van der Waals surface area contributed by atoms with E-state index in [0.29, 0.717) is 47.5 Å². The Morgan fingerprint density at radius 3 is 2.38 bits per heavy atom. The molecule has 5 rings (SSSR count). The van der Waals surface area contributed by atoms with E-state index in [1.807, 2.05) is 0 Å². The molecular weight excluding hydrogens is 492 g/mol. The lowest BCUT2D eigenvalue weighted by Crippen LogP contribution is -2.58. The molecule has 4 aliphatic rings. The van der Waals surface area contributed by atoms with Crippen molar-refractivity contribution in [3.05, 3.63) is 35.4 Å². The monoisotopic (exact) mass is 540 g/mol. The molecule has 0 radical (unpaired) electrons. The van der Waals surface area contributed by atoms with Gasteiger partial charge in [-0.2, -0.15) is 0 Å². The van der Waals surface area contributed by atoms with Gasteiger partial charge in [-0.15, -0.1) is 0 Å². The summed E-state index contributed by atoms with van der Waals surface area (Å²) in [7, 11) is 1.36. The highest BCUT2D eigenvalue weighted by atomic mass is 16.5. The SMILES string of the molecule is COC(=O)c1ccc(COC(=O)CC[C@@H](C)[C@H]2CC[C@H]3[C@@H]4[C@H](O)C[C@@H]5C[C@H](O)CC[C@]5(C)[C@H]4CC[C@]23C)cc1. The molecule has 39 heavy (non-hydrogen) atoms. The summed E-state index contributed by atoms with van der Waals surface area (Å²) in [5.74, 6) is 2.34. The Morgan fingerprint density at radius 2 is 1.67 bits per heavy atom. The zero-order valence-corrected chi connectivity index (χ0v) is 24.2. The highest BCUT2D eigenvalue weighted by Gasteiger charge is 2.62. The molecule has 0 aromatic heterocycles. The fourth-order valence-corrected chi connectivity index (χ4v) is 9.81. The van der Waals surface area contributed by atoms with E-state index in [9.17, 15) is 19.8 Å². The van der Waals surface area contributed by atoms with E-state index in [1.54, 1.807) is 24.3 Å². The molecule has 6 heteroatoms. The van der Waals surface area contributed by atoms with E-state index in [4.69, 9.17) is 9.47 Å². The van der Waals surface area contributed by atoms with Gasteiger partial charge in [0.2, 0.25) is 0 Å². The van der Waals surface area contributed by atoms with Crippen molar-refractivity contribution >= 4 is 11.9 Å². The molecule has 0 saturated heterocycles. The Hall–Kier alpha value is -1.92. The van der Waals surface area contributed by atoms with Crippen LogP contribution in [0.1, 0.15) is 101 Å². The first kappa shape index (κ1) is 28.6. The molecule has 4 aliphatic carbocycles. The van der Waals surface area contributed by atoms with E-state index < -0.39 is 0 Å². The number of carbonyl (C=O) groups is 2. The third-order valence-corrected chi connectivity index (χ3v) is 12.0. The number of hydrogen-bond donors (Lipinski definition) is 2. The standard InChI is InChI=1S/C33H48O6/c1-20(5-12-29(36)39-19-21-6-8-22(9-7-21)31(37)38-4)25-10-11-26-30-27(14-16-33(25,26)3)32(2)15-13-24(34)17-23(32)18-28(30)35/h6-9,20,23-28,30,34-35H,5,10-19H2,1-4H3/t20-,23+,24-,25-,26+,27+,28-,30+,32+,33-/m1/s1. The second kappa shape index (κ2) is 11.2. The van der Waals surface area contributed by atoms with E-state index >= 15 is 0 Å². The lowest BCUT2D eigenvalue weighted by atomic mass is 9.43. The fourth-order valence-electron chi connectivity index (χ4n) is 9.81. The summed E-state index contributed by atoms with van der Waals surface area (Å²) in [6, 6.07) is 6.94. The molecule has 0 spiro atoms. The van der Waals surface area contributed by atoms with Gasteiger partial charge in [0.15, 0.2) is 0 Å².